The van der Waals surface area contributed by atoms with Crippen molar-refractivity contribution in [2.45, 2.75) is 6.92 Å². The predicted octanol–water partition coefficient (Wildman–Crippen LogP) is 3.06. The first-order valence-corrected chi connectivity index (χ1v) is 5.11. The molecule has 0 spiro atoms. The van der Waals surface area contributed by atoms with Gasteiger partial charge in [-0.15, -0.1) is 0 Å². The number of rotatable bonds is 4. The molecule has 0 saturated heterocycles. The van der Waals surface area contributed by atoms with Crippen molar-refractivity contribution >= 4 is 28.3 Å². The Morgan fingerprint density at radius 3 is 2.93 bits per heavy atom. The fourth-order valence-corrected chi connectivity index (χ4v) is 1.46. The molecule has 0 aliphatic heterocycles. The van der Waals surface area contributed by atoms with Crippen LogP contribution in [0.4, 0.5) is 0 Å². The van der Waals surface area contributed by atoms with E-state index in [1.807, 2.05) is 25.1 Å². The Labute approximate surface area is 91.7 Å². The topological polar surface area (TPSA) is 26.3 Å². The summed E-state index contributed by atoms with van der Waals surface area (Å²) in [6.45, 7) is 2.54. The molecular formula is C11H11BrO2. The van der Waals surface area contributed by atoms with Crippen molar-refractivity contribution in [3.05, 3.63) is 34.3 Å². The van der Waals surface area contributed by atoms with Gasteiger partial charge in [0.2, 0.25) is 0 Å². The summed E-state index contributed by atoms with van der Waals surface area (Å²) in [5.41, 5.74) is 0.897. The van der Waals surface area contributed by atoms with Gasteiger partial charge in [0.1, 0.15) is 12.0 Å². The molecule has 0 radical (unpaired) electrons. The molecule has 0 amide bonds. The van der Waals surface area contributed by atoms with E-state index in [4.69, 9.17) is 4.74 Å². The van der Waals surface area contributed by atoms with Crippen LogP contribution in [0.1, 0.15) is 12.5 Å². The van der Waals surface area contributed by atoms with E-state index in [0.717, 1.165) is 22.1 Å². The maximum Gasteiger partial charge on any atom is 0.142 e. The van der Waals surface area contributed by atoms with E-state index in [-0.39, 0.29) is 0 Å². The molecule has 1 aromatic rings. The van der Waals surface area contributed by atoms with Crippen LogP contribution in [0.15, 0.2) is 28.7 Å². The number of carbonyl (C=O) groups excluding carboxylic acids is 1. The summed E-state index contributed by atoms with van der Waals surface area (Å²) in [6.07, 6.45) is 3.92. The molecule has 0 saturated carbocycles. The van der Waals surface area contributed by atoms with Gasteiger partial charge in [-0.25, -0.2) is 0 Å². The van der Waals surface area contributed by atoms with Gasteiger partial charge in [-0.2, -0.15) is 0 Å². The molecular weight excluding hydrogens is 244 g/mol. The van der Waals surface area contributed by atoms with Crippen molar-refractivity contribution in [1.82, 2.24) is 0 Å². The standard InChI is InChI=1S/C11H11BrO2/c1-2-14-11-6-5-10(12)8-9(11)4-3-7-13/h3-8H,2H2,1H3. The molecule has 2 nitrogen and oxygen atoms in total. The summed E-state index contributed by atoms with van der Waals surface area (Å²) in [5.74, 6) is 0.786. The van der Waals surface area contributed by atoms with E-state index < -0.39 is 0 Å². The number of hydrogen-bond acceptors (Lipinski definition) is 2. The molecule has 0 aliphatic carbocycles. The predicted molar refractivity (Wildman–Crippen MR) is 60.4 cm³/mol. The maximum absolute atomic E-state index is 10.2. The number of ether oxygens (including phenoxy) is 1. The normalized spacial score (nSPS) is 10.4. The molecule has 74 valence electrons. The number of hydrogen-bond donors (Lipinski definition) is 0. The first kappa shape index (κ1) is 11.0. The molecule has 3 heteroatoms. The first-order chi connectivity index (χ1) is 6.77. The van der Waals surface area contributed by atoms with Crippen molar-refractivity contribution in [3.63, 3.8) is 0 Å². The second-order valence-corrected chi connectivity index (χ2v) is 3.53. The smallest absolute Gasteiger partial charge is 0.142 e. The number of benzene rings is 1. The SMILES string of the molecule is CCOc1ccc(Br)cc1C=CC=O. The highest BCUT2D eigenvalue weighted by Gasteiger charge is 2.00. The maximum atomic E-state index is 10.2. The van der Waals surface area contributed by atoms with Crippen LogP contribution in [-0.4, -0.2) is 12.9 Å². The van der Waals surface area contributed by atoms with Crippen molar-refractivity contribution in [1.29, 1.82) is 0 Å². The minimum absolute atomic E-state index is 0.615. The average molecular weight is 255 g/mol. The van der Waals surface area contributed by atoms with Gasteiger partial charge in [-0.1, -0.05) is 15.9 Å². The molecule has 0 N–H and O–H groups in total. The van der Waals surface area contributed by atoms with E-state index in [9.17, 15) is 4.79 Å². The van der Waals surface area contributed by atoms with Gasteiger partial charge in [0.05, 0.1) is 6.61 Å². The molecule has 14 heavy (non-hydrogen) atoms. The van der Waals surface area contributed by atoms with Gasteiger partial charge >= 0.3 is 0 Å². The first-order valence-electron chi connectivity index (χ1n) is 4.32. The van der Waals surface area contributed by atoms with E-state index in [1.165, 1.54) is 6.08 Å². The van der Waals surface area contributed by atoms with Gasteiger partial charge in [0.25, 0.3) is 0 Å². The van der Waals surface area contributed by atoms with E-state index in [1.54, 1.807) is 6.08 Å². The fraction of sp³-hybridized carbons (Fsp3) is 0.182. The zero-order valence-electron chi connectivity index (χ0n) is 7.87. The molecule has 0 aromatic heterocycles. The second kappa shape index (κ2) is 5.60. The lowest BCUT2D eigenvalue weighted by Gasteiger charge is -2.06. The number of allylic oxidation sites excluding steroid dienone is 1. The van der Waals surface area contributed by atoms with Gasteiger partial charge in [0, 0.05) is 10.0 Å². The molecule has 1 aromatic carbocycles. The third-order valence-electron chi connectivity index (χ3n) is 1.63. The lowest BCUT2D eigenvalue weighted by atomic mass is 10.2. The molecule has 0 atom stereocenters. The van der Waals surface area contributed by atoms with Crippen molar-refractivity contribution in [3.8, 4) is 5.75 Å². The minimum atomic E-state index is 0.615. The Hall–Kier alpha value is -1.09. The quantitative estimate of drug-likeness (QED) is 0.610. The summed E-state index contributed by atoms with van der Waals surface area (Å²) in [4.78, 5) is 10.2. The van der Waals surface area contributed by atoms with Gasteiger partial charge in [-0.05, 0) is 37.3 Å². The minimum Gasteiger partial charge on any atom is -0.493 e. The highest BCUT2D eigenvalue weighted by Crippen LogP contribution is 2.24. The van der Waals surface area contributed by atoms with Crippen LogP contribution in [0.25, 0.3) is 6.08 Å². The number of carbonyl (C=O) groups is 1. The average Bonchev–Trinajstić information content (AvgIpc) is 2.18. The zero-order valence-corrected chi connectivity index (χ0v) is 9.45. The monoisotopic (exact) mass is 254 g/mol. The molecule has 0 heterocycles. The summed E-state index contributed by atoms with van der Waals surface area (Å²) in [7, 11) is 0. The van der Waals surface area contributed by atoms with Gasteiger partial charge in [-0.3, -0.25) is 4.79 Å². The van der Waals surface area contributed by atoms with Crippen LogP contribution < -0.4 is 4.74 Å². The highest BCUT2D eigenvalue weighted by atomic mass is 79.9. The van der Waals surface area contributed by atoms with Crippen molar-refractivity contribution in [2.75, 3.05) is 6.61 Å². The zero-order chi connectivity index (χ0) is 10.4. The van der Waals surface area contributed by atoms with Crippen molar-refractivity contribution < 1.29 is 9.53 Å². The summed E-state index contributed by atoms with van der Waals surface area (Å²) < 4.78 is 6.37. The van der Waals surface area contributed by atoms with Crippen LogP contribution in [-0.2, 0) is 4.79 Å². The Kier molecular flexibility index (Phi) is 4.40. The summed E-state index contributed by atoms with van der Waals surface area (Å²) in [5, 5.41) is 0. The molecule has 0 aliphatic rings. The molecule has 0 unspecified atom stereocenters. The Morgan fingerprint density at radius 1 is 1.50 bits per heavy atom. The van der Waals surface area contributed by atoms with Crippen molar-refractivity contribution in [2.24, 2.45) is 0 Å². The molecule has 0 fully saturated rings. The van der Waals surface area contributed by atoms with E-state index >= 15 is 0 Å². The van der Waals surface area contributed by atoms with E-state index in [0.29, 0.717) is 6.61 Å². The summed E-state index contributed by atoms with van der Waals surface area (Å²) >= 11 is 3.36. The van der Waals surface area contributed by atoms with Crippen LogP contribution in [0, 0.1) is 0 Å². The third kappa shape index (κ3) is 3.00. The third-order valence-corrected chi connectivity index (χ3v) is 2.12. The summed E-state index contributed by atoms with van der Waals surface area (Å²) in [6, 6.07) is 5.69. The Balaban J connectivity index is 3.02. The number of aldehydes is 1. The van der Waals surface area contributed by atoms with Gasteiger partial charge in [0.15, 0.2) is 0 Å². The molecule has 0 bridgehead atoms. The fourth-order valence-electron chi connectivity index (χ4n) is 1.08. The van der Waals surface area contributed by atoms with Crippen LogP contribution in [0.3, 0.4) is 0 Å². The Bertz CT molecular complexity index is 345. The molecule has 1 rings (SSSR count). The lowest BCUT2D eigenvalue weighted by molar-refractivity contribution is -0.104. The number of halogens is 1. The largest absolute Gasteiger partial charge is 0.493 e. The second-order valence-electron chi connectivity index (χ2n) is 2.61. The van der Waals surface area contributed by atoms with Crippen LogP contribution in [0.5, 0.6) is 5.75 Å². The van der Waals surface area contributed by atoms with Gasteiger partial charge < -0.3 is 4.74 Å². The van der Waals surface area contributed by atoms with Crippen LogP contribution in [0.2, 0.25) is 0 Å². The lowest BCUT2D eigenvalue weighted by Crippen LogP contribution is -1.93. The Morgan fingerprint density at radius 2 is 2.29 bits per heavy atom. The highest BCUT2D eigenvalue weighted by molar-refractivity contribution is 9.10. The van der Waals surface area contributed by atoms with E-state index in [2.05, 4.69) is 15.9 Å². The van der Waals surface area contributed by atoms with Crippen LogP contribution >= 0.6 is 15.9 Å².